The van der Waals surface area contributed by atoms with Crippen LogP contribution < -0.4 is 10.9 Å². The molecule has 2 aromatic heterocycles. The molecule has 0 aliphatic carbocycles. The van der Waals surface area contributed by atoms with Crippen LogP contribution in [0.5, 0.6) is 0 Å². The van der Waals surface area contributed by atoms with Crippen molar-refractivity contribution in [2.75, 3.05) is 5.32 Å². The molecular formula is C30H28N6O2. The fourth-order valence-corrected chi connectivity index (χ4v) is 4.42. The van der Waals surface area contributed by atoms with Gasteiger partial charge in [0.15, 0.2) is 0 Å². The van der Waals surface area contributed by atoms with Crippen LogP contribution in [0.25, 0.3) is 22.5 Å². The van der Waals surface area contributed by atoms with Crippen molar-refractivity contribution in [3.63, 3.8) is 0 Å². The number of benzene rings is 3. The van der Waals surface area contributed by atoms with Crippen molar-refractivity contribution in [3.05, 3.63) is 118 Å². The number of nitrogens with one attached hydrogen (secondary N) is 2. The lowest BCUT2D eigenvalue weighted by molar-refractivity contribution is 0.102. The number of tetrazole rings is 1. The summed E-state index contributed by atoms with van der Waals surface area (Å²) in [6, 6.07) is 28.5. The predicted molar refractivity (Wildman–Crippen MR) is 148 cm³/mol. The molecule has 0 fully saturated rings. The van der Waals surface area contributed by atoms with Gasteiger partial charge in [-0.2, -0.15) is 5.21 Å². The van der Waals surface area contributed by atoms with Crippen LogP contribution in [-0.2, 0) is 13.0 Å². The molecule has 0 saturated carbocycles. The van der Waals surface area contributed by atoms with E-state index in [9.17, 15) is 9.59 Å². The molecule has 0 aliphatic heterocycles. The van der Waals surface area contributed by atoms with Gasteiger partial charge in [0.25, 0.3) is 11.5 Å². The zero-order valence-corrected chi connectivity index (χ0v) is 21.1. The van der Waals surface area contributed by atoms with Gasteiger partial charge in [-0.3, -0.25) is 9.59 Å². The van der Waals surface area contributed by atoms with Crippen molar-refractivity contribution >= 4 is 11.6 Å². The van der Waals surface area contributed by atoms with Crippen molar-refractivity contribution in [1.82, 2.24) is 25.2 Å². The largest absolute Gasteiger partial charge is 0.317 e. The first-order valence-corrected chi connectivity index (χ1v) is 12.7. The lowest BCUT2D eigenvalue weighted by Crippen LogP contribution is -2.28. The molecule has 3 aromatic carbocycles. The van der Waals surface area contributed by atoms with Gasteiger partial charge in [-0.1, -0.05) is 80.1 Å². The second-order valence-electron chi connectivity index (χ2n) is 9.03. The molecule has 38 heavy (non-hydrogen) atoms. The summed E-state index contributed by atoms with van der Waals surface area (Å²) in [7, 11) is 0. The lowest BCUT2D eigenvalue weighted by atomic mass is 9.98. The fraction of sp³-hybridized carbons (Fsp3) is 0.167. The number of aromatic nitrogens is 5. The van der Waals surface area contributed by atoms with Gasteiger partial charge < -0.3 is 9.88 Å². The number of anilines is 1. The standard InChI is InChI=1S/C30H28N6O2/c1-2-3-11-24-18-19-27(31-29(37)23-9-5-4-6-10-23)30(38)36(24)20-21-14-16-22(17-15-21)25-12-7-8-13-26(25)28-32-34-35-33-28/h4-10,12-19H,2-3,11,20H2,1H3,(H,31,37)(H,32,33,34,35). The molecule has 0 radical (unpaired) electrons. The van der Waals surface area contributed by atoms with Crippen LogP contribution in [0.3, 0.4) is 0 Å². The van der Waals surface area contributed by atoms with Gasteiger partial charge >= 0.3 is 0 Å². The zero-order chi connectivity index (χ0) is 26.3. The molecule has 2 N–H and O–H groups in total. The van der Waals surface area contributed by atoms with Gasteiger partial charge in [0.2, 0.25) is 5.82 Å². The molecule has 1 amide bonds. The van der Waals surface area contributed by atoms with Gasteiger partial charge in [-0.25, -0.2) is 0 Å². The van der Waals surface area contributed by atoms with Crippen LogP contribution in [0.2, 0.25) is 0 Å². The number of aryl methyl sites for hydroxylation is 1. The fourth-order valence-electron chi connectivity index (χ4n) is 4.42. The van der Waals surface area contributed by atoms with E-state index in [1.54, 1.807) is 34.9 Å². The Morgan fingerprint density at radius 2 is 1.63 bits per heavy atom. The summed E-state index contributed by atoms with van der Waals surface area (Å²) in [6.07, 6.45) is 2.78. The number of H-pyrrole nitrogens is 1. The monoisotopic (exact) mass is 504 g/mol. The maximum Gasteiger partial charge on any atom is 0.274 e. The van der Waals surface area contributed by atoms with E-state index in [-0.39, 0.29) is 17.2 Å². The zero-order valence-electron chi connectivity index (χ0n) is 21.1. The molecule has 2 heterocycles. The maximum absolute atomic E-state index is 13.5. The third-order valence-electron chi connectivity index (χ3n) is 6.45. The number of aromatic amines is 1. The van der Waals surface area contributed by atoms with E-state index in [1.807, 2.05) is 60.7 Å². The first kappa shape index (κ1) is 24.8. The van der Waals surface area contributed by atoms with E-state index in [1.165, 1.54) is 0 Å². The number of carbonyl (C=O) groups excluding carboxylic acids is 1. The van der Waals surface area contributed by atoms with Gasteiger partial charge in [0.05, 0.1) is 6.54 Å². The minimum Gasteiger partial charge on any atom is -0.317 e. The second-order valence-corrected chi connectivity index (χ2v) is 9.03. The van der Waals surface area contributed by atoms with E-state index in [0.717, 1.165) is 47.2 Å². The molecule has 0 atom stereocenters. The molecule has 8 heteroatoms. The summed E-state index contributed by atoms with van der Waals surface area (Å²) < 4.78 is 1.76. The SMILES string of the molecule is CCCCc1ccc(NC(=O)c2ccccc2)c(=O)n1Cc1ccc(-c2ccccc2-c2nn[nH]n2)cc1. The van der Waals surface area contributed by atoms with E-state index >= 15 is 0 Å². The van der Waals surface area contributed by atoms with Crippen LogP contribution in [0, 0.1) is 0 Å². The second kappa shape index (κ2) is 11.5. The number of rotatable bonds is 9. The van der Waals surface area contributed by atoms with Gasteiger partial charge in [0.1, 0.15) is 5.69 Å². The molecule has 0 unspecified atom stereocenters. The topological polar surface area (TPSA) is 106 Å². The Kier molecular flexibility index (Phi) is 7.49. The molecule has 5 aromatic rings. The maximum atomic E-state index is 13.5. The number of nitrogens with zero attached hydrogens (tertiary/aromatic N) is 4. The van der Waals surface area contributed by atoms with Crippen LogP contribution >= 0.6 is 0 Å². The van der Waals surface area contributed by atoms with Crippen LogP contribution in [0.4, 0.5) is 5.69 Å². The van der Waals surface area contributed by atoms with E-state index in [4.69, 9.17) is 0 Å². The number of pyridine rings is 1. The molecule has 0 bridgehead atoms. The molecule has 0 saturated heterocycles. The van der Waals surface area contributed by atoms with E-state index < -0.39 is 0 Å². The summed E-state index contributed by atoms with van der Waals surface area (Å²) >= 11 is 0. The quantitative estimate of drug-likeness (QED) is 0.282. The van der Waals surface area contributed by atoms with Crippen molar-refractivity contribution in [1.29, 1.82) is 0 Å². The first-order chi connectivity index (χ1) is 18.6. The van der Waals surface area contributed by atoms with Crippen molar-refractivity contribution in [2.45, 2.75) is 32.7 Å². The Morgan fingerprint density at radius 3 is 2.34 bits per heavy atom. The summed E-state index contributed by atoms with van der Waals surface area (Å²) in [6.45, 7) is 2.53. The highest BCUT2D eigenvalue weighted by atomic mass is 16.2. The summed E-state index contributed by atoms with van der Waals surface area (Å²) in [5.41, 5.74) is 5.38. The molecule has 0 aliphatic rings. The highest BCUT2D eigenvalue weighted by Crippen LogP contribution is 2.29. The lowest BCUT2D eigenvalue weighted by Gasteiger charge is -2.16. The molecular weight excluding hydrogens is 476 g/mol. The highest BCUT2D eigenvalue weighted by Gasteiger charge is 2.14. The first-order valence-electron chi connectivity index (χ1n) is 12.7. The summed E-state index contributed by atoms with van der Waals surface area (Å²) in [4.78, 5) is 26.2. The number of unbranched alkanes of at least 4 members (excludes halogenated alkanes) is 1. The summed E-state index contributed by atoms with van der Waals surface area (Å²) in [5, 5.41) is 17.2. The van der Waals surface area contributed by atoms with Gasteiger partial charge in [0, 0.05) is 16.8 Å². The van der Waals surface area contributed by atoms with E-state index in [0.29, 0.717) is 17.9 Å². The Labute approximate surface area is 220 Å². The molecule has 5 rings (SSSR count). The number of hydrogen-bond acceptors (Lipinski definition) is 5. The highest BCUT2D eigenvalue weighted by molar-refractivity contribution is 6.04. The average molecular weight is 505 g/mol. The minimum absolute atomic E-state index is 0.214. The Morgan fingerprint density at radius 1 is 0.895 bits per heavy atom. The van der Waals surface area contributed by atoms with Gasteiger partial charge in [-0.15, -0.1) is 10.2 Å². The van der Waals surface area contributed by atoms with E-state index in [2.05, 4.69) is 32.9 Å². The number of amides is 1. The molecule has 8 nitrogen and oxygen atoms in total. The Balaban J connectivity index is 1.43. The Bertz CT molecular complexity index is 1580. The van der Waals surface area contributed by atoms with Crippen molar-refractivity contribution < 1.29 is 4.79 Å². The molecule has 0 spiro atoms. The normalized spacial score (nSPS) is 10.9. The minimum atomic E-state index is -0.305. The van der Waals surface area contributed by atoms with Crippen molar-refractivity contribution in [2.24, 2.45) is 0 Å². The third-order valence-corrected chi connectivity index (χ3v) is 6.45. The van der Waals surface area contributed by atoms with Crippen LogP contribution in [-0.4, -0.2) is 31.1 Å². The number of carbonyl (C=O) groups is 1. The Hall–Kier alpha value is -4.85. The third kappa shape index (κ3) is 5.44. The summed E-state index contributed by atoms with van der Waals surface area (Å²) in [5.74, 6) is 0.228. The van der Waals surface area contributed by atoms with Crippen LogP contribution in [0.1, 0.15) is 41.4 Å². The van der Waals surface area contributed by atoms with Crippen LogP contribution in [0.15, 0.2) is 95.8 Å². The predicted octanol–water partition coefficient (Wildman–Crippen LogP) is 5.34. The van der Waals surface area contributed by atoms with Crippen molar-refractivity contribution in [3.8, 4) is 22.5 Å². The average Bonchev–Trinajstić information content (AvgIpc) is 3.50. The smallest absolute Gasteiger partial charge is 0.274 e. The van der Waals surface area contributed by atoms with Gasteiger partial charge in [-0.05, 0) is 59.0 Å². The molecule has 190 valence electrons. The number of hydrogen-bond donors (Lipinski definition) is 2.